The molecule has 0 atom stereocenters. The van der Waals surface area contributed by atoms with Gasteiger partial charge in [-0.05, 0) is 19.3 Å². The van der Waals surface area contributed by atoms with Crippen LogP contribution < -0.4 is 0 Å². The molecule has 0 saturated carbocycles. The summed E-state index contributed by atoms with van der Waals surface area (Å²) >= 11 is 0. The van der Waals surface area contributed by atoms with E-state index in [0.717, 1.165) is 25.7 Å². The van der Waals surface area contributed by atoms with Crippen LogP contribution in [0, 0.1) is 0 Å². The summed E-state index contributed by atoms with van der Waals surface area (Å²) in [7, 11) is 0. The first kappa shape index (κ1) is 35.9. The summed E-state index contributed by atoms with van der Waals surface area (Å²) in [5, 5.41) is 8.62. The number of rotatable bonds is 31. The van der Waals surface area contributed by atoms with Crippen LogP contribution in [0.1, 0.15) is 193 Å². The number of hydrogen-bond acceptors (Lipinski definition) is 3. The number of unbranched alkanes of at least 4 members (excludes halogenated alkanes) is 25. The van der Waals surface area contributed by atoms with Crippen LogP contribution in [0.4, 0.5) is 0 Å². The molecule has 0 heterocycles. The van der Waals surface area contributed by atoms with Gasteiger partial charge in [-0.15, -0.1) is 0 Å². The molecule has 0 unspecified atom stereocenters. The van der Waals surface area contributed by atoms with E-state index < -0.39 is 5.97 Å². The van der Waals surface area contributed by atoms with Gasteiger partial charge in [0.25, 0.3) is 0 Å². The topological polar surface area (TPSA) is 63.6 Å². The fraction of sp³-hybridized carbons (Fsp3) is 0.939. The molecule has 37 heavy (non-hydrogen) atoms. The van der Waals surface area contributed by atoms with Gasteiger partial charge in [0.15, 0.2) is 0 Å². The summed E-state index contributed by atoms with van der Waals surface area (Å²) in [4.78, 5) is 22.3. The molecule has 0 aliphatic rings. The largest absolute Gasteiger partial charge is 0.481 e. The van der Waals surface area contributed by atoms with E-state index in [2.05, 4.69) is 6.92 Å². The van der Waals surface area contributed by atoms with E-state index in [4.69, 9.17) is 9.84 Å². The molecule has 0 aromatic carbocycles. The Morgan fingerprint density at radius 2 is 0.730 bits per heavy atom. The number of carbonyl (C=O) groups is 2. The summed E-state index contributed by atoms with van der Waals surface area (Å²) in [6.45, 7) is 2.87. The van der Waals surface area contributed by atoms with Crippen LogP contribution in [0.25, 0.3) is 0 Å². The van der Waals surface area contributed by atoms with Crippen molar-refractivity contribution in [1.82, 2.24) is 0 Å². The second-order valence-corrected chi connectivity index (χ2v) is 11.3. The molecule has 1 N–H and O–H groups in total. The van der Waals surface area contributed by atoms with Gasteiger partial charge in [0, 0.05) is 12.8 Å². The van der Waals surface area contributed by atoms with Crippen molar-refractivity contribution in [3.8, 4) is 0 Å². The molecule has 4 nitrogen and oxygen atoms in total. The smallest absolute Gasteiger partial charge is 0.305 e. The van der Waals surface area contributed by atoms with Crippen LogP contribution in [0.3, 0.4) is 0 Å². The average Bonchev–Trinajstić information content (AvgIpc) is 2.88. The Balaban J connectivity index is 3.13. The summed E-state index contributed by atoms with van der Waals surface area (Å²) < 4.78 is 5.40. The number of hydrogen-bond donors (Lipinski definition) is 1. The highest BCUT2D eigenvalue weighted by molar-refractivity contribution is 5.69. The van der Waals surface area contributed by atoms with E-state index >= 15 is 0 Å². The van der Waals surface area contributed by atoms with Gasteiger partial charge in [-0.25, -0.2) is 0 Å². The summed E-state index contributed by atoms with van der Waals surface area (Å²) in [6.07, 6.45) is 35.3. The van der Waals surface area contributed by atoms with Crippen LogP contribution in [-0.2, 0) is 14.3 Å². The average molecular weight is 525 g/mol. The van der Waals surface area contributed by atoms with Gasteiger partial charge in [0.1, 0.15) is 0 Å². The zero-order valence-electron chi connectivity index (χ0n) is 24.9. The SMILES string of the molecule is CCCCCCCCCCCC(=O)OCCCCCCCCCCCCCCCCCCCCC(=O)O. The van der Waals surface area contributed by atoms with E-state index in [0.29, 0.717) is 19.4 Å². The molecular weight excluding hydrogens is 460 g/mol. The van der Waals surface area contributed by atoms with Gasteiger partial charge < -0.3 is 9.84 Å². The summed E-state index contributed by atoms with van der Waals surface area (Å²) in [5.74, 6) is -0.654. The minimum Gasteiger partial charge on any atom is -0.481 e. The van der Waals surface area contributed by atoms with Crippen LogP contribution in [-0.4, -0.2) is 23.7 Å². The van der Waals surface area contributed by atoms with Crippen molar-refractivity contribution in [3.05, 3.63) is 0 Å². The molecule has 0 aromatic heterocycles. The van der Waals surface area contributed by atoms with Gasteiger partial charge in [0.2, 0.25) is 0 Å². The first-order valence-electron chi connectivity index (χ1n) is 16.5. The fourth-order valence-electron chi connectivity index (χ4n) is 5.04. The normalized spacial score (nSPS) is 11.2. The third-order valence-corrected chi connectivity index (χ3v) is 7.53. The molecule has 0 rings (SSSR count). The van der Waals surface area contributed by atoms with Crippen molar-refractivity contribution in [2.75, 3.05) is 6.61 Å². The van der Waals surface area contributed by atoms with E-state index in [1.54, 1.807) is 0 Å². The van der Waals surface area contributed by atoms with Crippen LogP contribution in [0.2, 0.25) is 0 Å². The predicted octanol–water partition coefficient (Wildman–Crippen LogP) is 10.9. The highest BCUT2D eigenvalue weighted by atomic mass is 16.5. The minimum atomic E-state index is -0.661. The Kier molecular flexibility index (Phi) is 30.3. The van der Waals surface area contributed by atoms with Crippen LogP contribution in [0.5, 0.6) is 0 Å². The third kappa shape index (κ3) is 32.9. The summed E-state index contributed by atoms with van der Waals surface area (Å²) in [5.41, 5.74) is 0. The number of esters is 1. The molecule has 0 aliphatic carbocycles. The quantitative estimate of drug-likeness (QED) is 0.0723. The Morgan fingerprint density at radius 3 is 1.08 bits per heavy atom. The molecular formula is C33H64O4. The second kappa shape index (κ2) is 31.2. The van der Waals surface area contributed by atoms with Gasteiger partial charge in [-0.3, -0.25) is 9.59 Å². The maximum atomic E-state index is 11.8. The lowest BCUT2D eigenvalue weighted by molar-refractivity contribution is -0.144. The fourth-order valence-corrected chi connectivity index (χ4v) is 5.04. The monoisotopic (exact) mass is 524 g/mol. The number of carboxylic acids is 1. The first-order chi connectivity index (χ1) is 18.2. The molecule has 4 heteroatoms. The van der Waals surface area contributed by atoms with Crippen molar-refractivity contribution in [2.24, 2.45) is 0 Å². The molecule has 220 valence electrons. The highest BCUT2D eigenvalue weighted by Crippen LogP contribution is 2.15. The first-order valence-corrected chi connectivity index (χ1v) is 16.5. The zero-order valence-corrected chi connectivity index (χ0v) is 24.9. The van der Waals surface area contributed by atoms with Gasteiger partial charge in [-0.2, -0.15) is 0 Å². The Bertz CT molecular complexity index is 477. The predicted molar refractivity (Wildman–Crippen MR) is 158 cm³/mol. The lowest BCUT2D eigenvalue weighted by Crippen LogP contribution is -2.05. The molecule has 0 spiro atoms. The van der Waals surface area contributed by atoms with Gasteiger partial charge in [-0.1, -0.05) is 161 Å². The lowest BCUT2D eigenvalue weighted by atomic mass is 10.0. The molecule has 0 aromatic rings. The number of carbonyl (C=O) groups excluding carboxylic acids is 1. The maximum absolute atomic E-state index is 11.8. The Labute approximate surface area is 231 Å². The molecule has 0 saturated heterocycles. The molecule has 0 amide bonds. The molecule has 0 radical (unpaired) electrons. The number of aliphatic carboxylic acids is 1. The zero-order chi connectivity index (χ0) is 27.1. The van der Waals surface area contributed by atoms with Gasteiger partial charge in [0.05, 0.1) is 6.61 Å². The third-order valence-electron chi connectivity index (χ3n) is 7.53. The molecule has 0 bridgehead atoms. The van der Waals surface area contributed by atoms with Gasteiger partial charge >= 0.3 is 11.9 Å². The van der Waals surface area contributed by atoms with Crippen molar-refractivity contribution >= 4 is 11.9 Å². The Morgan fingerprint density at radius 1 is 0.432 bits per heavy atom. The lowest BCUT2D eigenvalue weighted by Gasteiger charge is -2.06. The summed E-state index contributed by atoms with van der Waals surface area (Å²) in [6, 6.07) is 0. The van der Waals surface area contributed by atoms with Crippen molar-refractivity contribution < 1.29 is 19.4 Å². The van der Waals surface area contributed by atoms with E-state index in [1.165, 1.54) is 148 Å². The number of ether oxygens (including phenoxy) is 1. The second-order valence-electron chi connectivity index (χ2n) is 11.3. The minimum absolute atomic E-state index is 0.00732. The van der Waals surface area contributed by atoms with E-state index in [9.17, 15) is 9.59 Å². The van der Waals surface area contributed by atoms with Crippen LogP contribution in [0.15, 0.2) is 0 Å². The molecule has 0 aliphatic heterocycles. The number of carboxylic acid groups (broad SMARTS) is 1. The van der Waals surface area contributed by atoms with Crippen molar-refractivity contribution in [2.45, 2.75) is 193 Å². The molecule has 0 fully saturated rings. The van der Waals surface area contributed by atoms with Crippen LogP contribution >= 0.6 is 0 Å². The van der Waals surface area contributed by atoms with E-state index in [1.807, 2.05) is 0 Å². The van der Waals surface area contributed by atoms with Crippen molar-refractivity contribution in [1.29, 1.82) is 0 Å². The maximum Gasteiger partial charge on any atom is 0.305 e. The highest BCUT2D eigenvalue weighted by Gasteiger charge is 2.03. The Hall–Kier alpha value is -1.06. The van der Waals surface area contributed by atoms with E-state index in [-0.39, 0.29) is 5.97 Å². The van der Waals surface area contributed by atoms with Crippen molar-refractivity contribution in [3.63, 3.8) is 0 Å². The standard InChI is InChI=1S/C33H64O4/c1-2-3-4-5-6-17-21-24-27-30-33(36)37-31-28-25-22-19-16-14-12-10-8-7-9-11-13-15-18-20-23-26-29-32(34)35/h2-31H2,1H3,(H,34,35).